The van der Waals surface area contributed by atoms with Crippen LogP contribution in [0.15, 0.2) is 50.7 Å². The Kier molecular flexibility index (Phi) is 5.91. The maximum Gasteiger partial charge on any atom is 0.0318 e. The van der Waals surface area contributed by atoms with Gasteiger partial charge in [0.25, 0.3) is 0 Å². The molecule has 0 saturated heterocycles. The lowest BCUT2D eigenvalue weighted by Gasteiger charge is -2.11. The third-order valence-corrected chi connectivity index (χ3v) is 5.43. The van der Waals surface area contributed by atoms with Crippen LogP contribution in [-0.4, -0.2) is 6.04 Å². The van der Waals surface area contributed by atoms with Crippen LogP contribution in [0.2, 0.25) is 0 Å². The van der Waals surface area contributed by atoms with Crippen molar-refractivity contribution in [2.45, 2.75) is 50.1 Å². The van der Waals surface area contributed by atoms with E-state index in [4.69, 9.17) is 0 Å². The molecule has 0 aliphatic heterocycles. The molecule has 0 aliphatic rings. The third-order valence-electron chi connectivity index (χ3n) is 3.26. The van der Waals surface area contributed by atoms with Gasteiger partial charge in [-0.25, -0.2) is 0 Å². The molecule has 0 atom stereocenters. The first kappa shape index (κ1) is 16.6. The first-order valence-corrected chi connectivity index (χ1v) is 8.83. The zero-order chi connectivity index (χ0) is 15.4. The van der Waals surface area contributed by atoms with Gasteiger partial charge >= 0.3 is 0 Å². The Labute approximate surface area is 140 Å². The van der Waals surface area contributed by atoms with Crippen molar-refractivity contribution in [1.82, 2.24) is 5.32 Å². The lowest BCUT2D eigenvalue weighted by molar-refractivity contribution is 0.588. The predicted molar refractivity (Wildman–Crippen MR) is 96.2 cm³/mol. The predicted octanol–water partition coefficient (Wildman–Crippen LogP) is 5.72. The summed E-state index contributed by atoms with van der Waals surface area (Å²) < 4.78 is 1.16. The van der Waals surface area contributed by atoms with E-state index in [-0.39, 0.29) is 0 Å². The smallest absolute Gasteiger partial charge is 0.0318 e. The van der Waals surface area contributed by atoms with Crippen LogP contribution in [0.25, 0.3) is 0 Å². The third kappa shape index (κ3) is 4.87. The van der Waals surface area contributed by atoms with Crippen LogP contribution in [0.4, 0.5) is 0 Å². The van der Waals surface area contributed by atoms with Crippen LogP contribution in [0.3, 0.4) is 0 Å². The molecule has 0 aliphatic carbocycles. The molecule has 0 radical (unpaired) electrons. The topological polar surface area (TPSA) is 12.0 Å². The van der Waals surface area contributed by atoms with E-state index in [2.05, 4.69) is 85.3 Å². The van der Waals surface area contributed by atoms with E-state index < -0.39 is 0 Å². The molecule has 0 heterocycles. The van der Waals surface area contributed by atoms with E-state index in [0.717, 1.165) is 11.0 Å². The van der Waals surface area contributed by atoms with Crippen LogP contribution < -0.4 is 5.32 Å². The Balaban J connectivity index is 2.13. The summed E-state index contributed by atoms with van der Waals surface area (Å²) in [7, 11) is 0. The van der Waals surface area contributed by atoms with Gasteiger partial charge in [0, 0.05) is 26.9 Å². The molecule has 0 fully saturated rings. The zero-order valence-electron chi connectivity index (χ0n) is 13.0. The van der Waals surface area contributed by atoms with Gasteiger partial charge < -0.3 is 5.32 Å². The van der Waals surface area contributed by atoms with Crippen molar-refractivity contribution in [2.24, 2.45) is 0 Å². The van der Waals surface area contributed by atoms with Crippen LogP contribution in [-0.2, 0) is 6.54 Å². The molecule has 0 unspecified atom stereocenters. The van der Waals surface area contributed by atoms with Crippen molar-refractivity contribution >= 4 is 27.7 Å². The van der Waals surface area contributed by atoms with Gasteiger partial charge in [-0.15, -0.1) is 0 Å². The van der Waals surface area contributed by atoms with Gasteiger partial charge in [-0.05, 0) is 59.1 Å². The van der Waals surface area contributed by atoms with Gasteiger partial charge in [0.1, 0.15) is 0 Å². The zero-order valence-corrected chi connectivity index (χ0v) is 15.4. The molecule has 0 aromatic heterocycles. The molecule has 0 saturated carbocycles. The summed E-state index contributed by atoms with van der Waals surface area (Å²) >= 11 is 5.52. The second-order valence-electron chi connectivity index (χ2n) is 5.67. The van der Waals surface area contributed by atoms with Crippen LogP contribution in [0.1, 0.15) is 30.5 Å². The minimum Gasteiger partial charge on any atom is -0.310 e. The van der Waals surface area contributed by atoms with Crippen molar-refractivity contribution in [3.8, 4) is 0 Å². The summed E-state index contributed by atoms with van der Waals surface area (Å²) in [6.07, 6.45) is 0. The van der Waals surface area contributed by atoms with Gasteiger partial charge in [0.2, 0.25) is 0 Å². The van der Waals surface area contributed by atoms with Gasteiger partial charge in [0.15, 0.2) is 0 Å². The van der Waals surface area contributed by atoms with E-state index in [9.17, 15) is 0 Å². The summed E-state index contributed by atoms with van der Waals surface area (Å²) in [4.78, 5) is 2.57. The first-order chi connectivity index (χ1) is 9.95. The monoisotopic (exact) mass is 363 g/mol. The van der Waals surface area contributed by atoms with E-state index in [0.29, 0.717) is 6.04 Å². The fraction of sp³-hybridized carbons (Fsp3) is 0.333. The lowest BCUT2D eigenvalue weighted by atomic mass is 10.2. The largest absolute Gasteiger partial charge is 0.310 e. The molecule has 0 amide bonds. The van der Waals surface area contributed by atoms with Crippen LogP contribution in [0.5, 0.6) is 0 Å². The number of nitrogens with one attached hydrogen (secondary N) is 1. The van der Waals surface area contributed by atoms with Crippen LogP contribution >= 0.6 is 27.7 Å². The SMILES string of the molecule is Cc1ccc(Sc2ccc(CNC(C)C)cc2Br)c(C)c1. The van der Waals surface area contributed by atoms with Gasteiger partial charge in [0.05, 0.1) is 0 Å². The number of hydrogen-bond donors (Lipinski definition) is 1. The molecule has 2 aromatic carbocycles. The molecule has 21 heavy (non-hydrogen) atoms. The quantitative estimate of drug-likeness (QED) is 0.729. The summed E-state index contributed by atoms with van der Waals surface area (Å²) in [6.45, 7) is 9.54. The van der Waals surface area contributed by atoms with Crippen LogP contribution in [0, 0.1) is 13.8 Å². The molecule has 1 N–H and O–H groups in total. The van der Waals surface area contributed by atoms with Crippen molar-refractivity contribution in [3.05, 3.63) is 57.6 Å². The Morgan fingerprint density at radius 3 is 2.38 bits per heavy atom. The van der Waals surface area contributed by atoms with E-state index in [1.165, 1.54) is 26.5 Å². The maximum atomic E-state index is 3.70. The molecule has 3 heteroatoms. The molecular formula is C18H22BrNS. The normalized spacial score (nSPS) is 11.1. The number of aryl methyl sites for hydroxylation is 2. The molecular weight excluding hydrogens is 342 g/mol. The van der Waals surface area contributed by atoms with Gasteiger partial charge in [-0.1, -0.05) is 49.4 Å². The molecule has 0 bridgehead atoms. The summed E-state index contributed by atoms with van der Waals surface area (Å²) in [5, 5.41) is 3.45. The fourth-order valence-corrected chi connectivity index (χ4v) is 3.65. The molecule has 0 spiro atoms. The second kappa shape index (κ2) is 7.48. The number of hydrogen-bond acceptors (Lipinski definition) is 2. The van der Waals surface area contributed by atoms with Crippen molar-refractivity contribution in [1.29, 1.82) is 0 Å². The van der Waals surface area contributed by atoms with E-state index >= 15 is 0 Å². The van der Waals surface area contributed by atoms with E-state index in [1.807, 2.05) is 11.8 Å². The number of halogens is 1. The lowest BCUT2D eigenvalue weighted by Crippen LogP contribution is -2.21. The standard InChI is InChI=1S/C18H22BrNS/c1-12(2)20-11-15-6-8-18(16(19)10-15)21-17-7-5-13(3)9-14(17)4/h5-10,12,20H,11H2,1-4H3. The van der Waals surface area contributed by atoms with Gasteiger partial charge in [-0.2, -0.15) is 0 Å². The van der Waals surface area contributed by atoms with Crippen molar-refractivity contribution in [2.75, 3.05) is 0 Å². The summed E-state index contributed by atoms with van der Waals surface area (Å²) in [5.41, 5.74) is 3.95. The highest BCUT2D eigenvalue weighted by molar-refractivity contribution is 9.10. The van der Waals surface area contributed by atoms with E-state index in [1.54, 1.807) is 0 Å². The first-order valence-electron chi connectivity index (χ1n) is 7.22. The summed E-state index contributed by atoms with van der Waals surface area (Å²) in [5.74, 6) is 0. The number of benzene rings is 2. The van der Waals surface area contributed by atoms with Crippen molar-refractivity contribution in [3.63, 3.8) is 0 Å². The Hall–Kier alpha value is -0.770. The number of rotatable bonds is 5. The maximum absolute atomic E-state index is 3.70. The Bertz CT molecular complexity index is 623. The summed E-state index contributed by atoms with van der Waals surface area (Å²) in [6, 6.07) is 13.7. The average Bonchev–Trinajstić information content (AvgIpc) is 2.42. The van der Waals surface area contributed by atoms with Crippen molar-refractivity contribution < 1.29 is 0 Å². The highest BCUT2D eigenvalue weighted by Gasteiger charge is 2.06. The molecule has 2 aromatic rings. The second-order valence-corrected chi connectivity index (χ2v) is 7.61. The Morgan fingerprint density at radius 1 is 1.05 bits per heavy atom. The van der Waals surface area contributed by atoms with Gasteiger partial charge in [-0.3, -0.25) is 0 Å². The Morgan fingerprint density at radius 2 is 1.76 bits per heavy atom. The molecule has 1 nitrogen and oxygen atoms in total. The highest BCUT2D eigenvalue weighted by atomic mass is 79.9. The minimum absolute atomic E-state index is 0.507. The average molecular weight is 364 g/mol. The fourth-order valence-electron chi connectivity index (χ4n) is 2.09. The highest BCUT2D eigenvalue weighted by Crippen LogP contribution is 2.35. The molecule has 2 rings (SSSR count). The minimum atomic E-state index is 0.507. The molecule has 112 valence electrons.